The van der Waals surface area contributed by atoms with Crippen molar-refractivity contribution < 1.29 is 22.0 Å². The van der Waals surface area contributed by atoms with Gasteiger partial charge in [0.1, 0.15) is 6.54 Å². The molecule has 0 saturated carbocycles. The third-order valence-corrected chi connectivity index (χ3v) is 5.69. The summed E-state index contributed by atoms with van der Waals surface area (Å²) in [5.41, 5.74) is 1.75. The number of rotatable bonds is 5. The van der Waals surface area contributed by atoms with E-state index in [9.17, 15) is 18.0 Å². The molecule has 0 bridgehead atoms. The van der Waals surface area contributed by atoms with Gasteiger partial charge >= 0.3 is 5.76 Å². The molecule has 0 unspecified atom stereocenters. The van der Waals surface area contributed by atoms with E-state index in [1.807, 2.05) is 0 Å². The molecule has 0 saturated heterocycles. The summed E-state index contributed by atoms with van der Waals surface area (Å²) in [6, 6.07) is 8.08. The molecule has 0 spiro atoms. The molecule has 9 nitrogen and oxygen atoms in total. The first-order valence-electron chi connectivity index (χ1n) is 8.58. The molecule has 10 heteroatoms. The van der Waals surface area contributed by atoms with Crippen molar-refractivity contribution in [1.82, 2.24) is 9.78 Å². The number of anilines is 1. The highest BCUT2D eigenvalue weighted by atomic mass is 32.2. The zero-order valence-electron chi connectivity index (χ0n) is 15.0. The molecular weight excluding hydrogens is 386 g/mol. The van der Waals surface area contributed by atoms with Gasteiger partial charge in [0.15, 0.2) is 11.5 Å². The molecule has 0 atom stereocenters. The number of furan rings is 1. The maximum atomic E-state index is 12.6. The second kappa shape index (κ2) is 6.79. The van der Waals surface area contributed by atoms with Crippen molar-refractivity contribution in [3.63, 3.8) is 0 Å². The smallest absolute Gasteiger partial charge is 0.437 e. The molecule has 28 heavy (non-hydrogen) atoms. The minimum absolute atomic E-state index is 0.00275. The second-order valence-corrected chi connectivity index (χ2v) is 8.42. The number of aromatic nitrogens is 2. The summed E-state index contributed by atoms with van der Waals surface area (Å²) in [5, 5.41) is 3.98. The maximum Gasteiger partial charge on any atom is 0.437 e. The summed E-state index contributed by atoms with van der Waals surface area (Å²) in [6.45, 7) is 0.126. The Morgan fingerprint density at radius 2 is 2.11 bits per heavy atom. The topological polar surface area (TPSA) is 116 Å². The summed E-state index contributed by atoms with van der Waals surface area (Å²) in [6.07, 6.45) is 3.93. The molecule has 0 amide bonds. The van der Waals surface area contributed by atoms with Crippen LogP contribution in [0.4, 0.5) is 5.69 Å². The lowest BCUT2D eigenvalue weighted by atomic mass is 9.99. The second-order valence-electron chi connectivity index (χ2n) is 6.51. The number of ketones is 1. The Morgan fingerprint density at radius 3 is 2.82 bits per heavy atom. The number of carbonyl (C=O) groups excluding carboxylic acids is 1. The zero-order valence-corrected chi connectivity index (χ0v) is 15.8. The highest BCUT2D eigenvalue weighted by Gasteiger charge is 2.25. The Bertz CT molecular complexity index is 1190. The van der Waals surface area contributed by atoms with Crippen molar-refractivity contribution >= 4 is 21.5 Å². The SMILES string of the molecule is CS(=O)(=O)N1CCCc2cc(C(=O)Cn3nc(-c4ccco4)oc3=O)ccc21. The summed E-state index contributed by atoms with van der Waals surface area (Å²) < 4.78 is 36.3. The van der Waals surface area contributed by atoms with Crippen LogP contribution in [-0.2, 0) is 23.0 Å². The monoisotopic (exact) mass is 403 g/mol. The molecule has 4 rings (SSSR count). The van der Waals surface area contributed by atoms with Gasteiger partial charge in [-0.1, -0.05) is 0 Å². The minimum atomic E-state index is -3.37. The van der Waals surface area contributed by atoms with Gasteiger partial charge in [0.2, 0.25) is 10.0 Å². The van der Waals surface area contributed by atoms with Gasteiger partial charge < -0.3 is 8.83 Å². The molecule has 3 aromatic rings. The molecular formula is C18H17N3O6S. The minimum Gasteiger partial charge on any atom is -0.459 e. The van der Waals surface area contributed by atoms with E-state index >= 15 is 0 Å². The Labute approximate surface area is 160 Å². The van der Waals surface area contributed by atoms with Gasteiger partial charge in [-0.05, 0) is 48.7 Å². The molecule has 0 N–H and O–H groups in total. The fraction of sp³-hybridized carbons (Fsp3) is 0.278. The lowest BCUT2D eigenvalue weighted by molar-refractivity contribution is 0.0964. The molecule has 0 aliphatic carbocycles. The van der Waals surface area contributed by atoms with Crippen LogP contribution < -0.4 is 10.1 Å². The quantitative estimate of drug-likeness (QED) is 0.595. The van der Waals surface area contributed by atoms with Crippen molar-refractivity contribution in [3.8, 4) is 11.7 Å². The third-order valence-electron chi connectivity index (χ3n) is 4.51. The molecule has 1 aliphatic heterocycles. The van der Waals surface area contributed by atoms with Crippen molar-refractivity contribution in [2.24, 2.45) is 0 Å². The lowest BCUT2D eigenvalue weighted by Gasteiger charge is -2.29. The maximum absolute atomic E-state index is 12.6. The Hall–Kier alpha value is -3.14. The van der Waals surface area contributed by atoms with Gasteiger partial charge in [-0.15, -0.1) is 5.10 Å². The third kappa shape index (κ3) is 3.38. The summed E-state index contributed by atoms with van der Waals surface area (Å²) in [5.74, 6) is -0.809. The first kappa shape index (κ1) is 18.2. The van der Waals surface area contributed by atoms with Gasteiger partial charge in [0.25, 0.3) is 5.89 Å². The predicted molar refractivity (Wildman–Crippen MR) is 99.7 cm³/mol. The number of aryl methyl sites for hydroxylation is 1. The first-order chi connectivity index (χ1) is 13.3. The molecule has 0 radical (unpaired) electrons. The number of hydrogen-bond acceptors (Lipinski definition) is 7. The van der Waals surface area contributed by atoms with E-state index in [1.54, 1.807) is 30.3 Å². The highest BCUT2D eigenvalue weighted by Crippen LogP contribution is 2.30. The number of hydrogen-bond donors (Lipinski definition) is 0. The normalized spacial score (nSPS) is 14.1. The predicted octanol–water partition coefficient (Wildman–Crippen LogP) is 1.69. The van der Waals surface area contributed by atoms with Crippen LogP contribution in [0.5, 0.6) is 0 Å². The fourth-order valence-corrected chi connectivity index (χ4v) is 4.21. The standard InChI is InChI=1S/C18H17N3O6S/c1-28(24,25)21-8-2-4-12-10-13(6-7-14(12)21)15(22)11-20-18(23)27-17(19-20)16-5-3-9-26-16/h3,5-7,9-10H,2,4,8,11H2,1H3. The van der Waals surface area contributed by atoms with Crippen LogP contribution in [0.15, 0.2) is 50.2 Å². The van der Waals surface area contributed by atoms with Crippen LogP contribution in [0.3, 0.4) is 0 Å². The van der Waals surface area contributed by atoms with E-state index in [0.717, 1.165) is 16.5 Å². The molecule has 1 aromatic carbocycles. The largest absolute Gasteiger partial charge is 0.459 e. The highest BCUT2D eigenvalue weighted by molar-refractivity contribution is 7.92. The first-order valence-corrected chi connectivity index (χ1v) is 10.4. The molecule has 0 fully saturated rings. The Morgan fingerprint density at radius 1 is 1.29 bits per heavy atom. The zero-order chi connectivity index (χ0) is 19.9. The van der Waals surface area contributed by atoms with Crippen LogP contribution in [0, 0.1) is 0 Å². The Balaban J connectivity index is 1.59. The van der Waals surface area contributed by atoms with Gasteiger partial charge in [0, 0.05) is 12.1 Å². The van der Waals surface area contributed by atoms with E-state index in [1.165, 1.54) is 10.6 Å². The fourth-order valence-electron chi connectivity index (χ4n) is 3.21. The number of sulfonamides is 1. The van der Waals surface area contributed by atoms with Crippen molar-refractivity contribution in [2.75, 3.05) is 17.1 Å². The van der Waals surface area contributed by atoms with Crippen molar-refractivity contribution in [3.05, 3.63) is 58.3 Å². The van der Waals surface area contributed by atoms with Crippen LogP contribution >= 0.6 is 0 Å². The van der Waals surface area contributed by atoms with Gasteiger partial charge in [-0.2, -0.15) is 4.68 Å². The van der Waals surface area contributed by atoms with Gasteiger partial charge in [-0.3, -0.25) is 9.10 Å². The summed E-state index contributed by atoms with van der Waals surface area (Å²) in [7, 11) is -3.37. The van der Waals surface area contributed by atoms with Gasteiger partial charge in [0.05, 0.1) is 18.2 Å². The van der Waals surface area contributed by atoms with E-state index < -0.39 is 15.8 Å². The number of nitrogens with zero attached hydrogens (tertiary/aromatic N) is 3. The number of benzene rings is 1. The lowest BCUT2D eigenvalue weighted by Crippen LogP contribution is -2.34. The van der Waals surface area contributed by atoms with Crippen LogP contribution in [0.2, 0.25) is 0 Å². The van der Waals surface area contributed by atoms with Crippen molar-refractivity contribution in [2.45, 2.75) is 19.4 Å². The van der Waals surface area contributed by atoms with E-state index in [4.69, 9.17) is 8.83 Å². The average Bonchev–Trinajstić information content (AvgIpc) is 3.30. The number of fused-ring (bicyclic) bond motifs is 1. The van der Waals surface area contributed by atoms with Gasteiger partial charge in [-0.25, -0.2) is 13.2 Å². The van der Waals surface area contributed by atoms with Crippen LogP contribution in [0.25, 0.3) is 11.7 Å². The van der Waals surface area contributed by atoms with Crippen LogP contribution in [0.1, 0.15) is 22.3 Å². The number of carbonyl (C=O) groups is 1. The Kier molecular flexibility index (Phi) is 4.42. The summed E-state index contributed by atoms with van der Waals surface area (Å²) >= 11 is 0. The summed E-state index contributed by atoms with van der Waals surface area (Å²) in [4.78, 5) is 24.6. The average molecular weight is 403 g/mol. The molecule has 2 aromatic heterocycles. The van der Waals surface area contributed by atoms with Crippen molar-refractivity contribution in [1.29, 1.82) is 0 Å². The molecule has 3 heterocycles. The molecule has 146 valence electrons. The van der Waals surface area contributed by atoms with E-state index in [-0.39, 0.29) is 24.0 Å². The molecule has 1 aliphatic rings. The number of Topliss-reactive ketones (excluding diaryl/α,β-unsaturated/α-hetero) is 1. The van der Waals surface area contributed by atoms with E-state index in [0.29, 0.717) is 30.6 Å². The van der Waals surface area contributed by atoms with E-state index in [2.05, 4.69) is 5.10 Å². The van der Waals surface area contributed by atoms with Crippen LogP contribution in [-0.4, -0.2) is 36.8 Å².